The molecule has 28 heavy (non-hydrogen) atoms. The smallest absolute Gasteiger partial charge is 0.225 e. The van der Waals surface area contributed by atoms with Crippen molar-refractivity contribution in [3.05, 3.63) is 0 Å². The molecule has 0 aliphatic heterocycles. The number of carbonyl (C=O) groups is 1. The third-order valence-electron chi connectivity index (χ3n) is 9.80. The van der Waals surface area contributed by atoms with Crippen LogP contribution in [0, 0.1) is 40.4 Å². The Kier molecular flexibility index (Phi) is 5.14. The Bertz CT molecular complexity index is 617. The molecule has 0 heterocycles. The van der Waals surface area contributed by atoms with Gasteiger partial charge in [0.15, 0.2) is 0 Å². The van der Waals surface area contributed by atoms with E-state index in [4.69, 9.17) is 4.74 Å². The van der Waals surface area contributed by atoms with Gasteiger partial charge in [0, 0.05) is 27.1 Å². The summed E-state index contributed by atoms with van der Waals surface area (Å²) in [6, 6.07) is 0. The molecule has 4 aliphatic rings. The van der Waals surface area contributed by atoms with Crippen LogP contribution in [0.4, 0.5) is 0 Å². The Labute approximate surface area is 171 Å². The van der Waals surface area contributed by atoms with Gasteiger partial charge in [-0.1, -0.05) is 6.92 Å². The van der Waals surface area contributed by atoms with E-state index in [0.29, 0.717) is 23.7 Å². The molecule has 4 heteroatoms. The van der Waals surface area contributed by atoms with Gasteiger partial charge in [-0.15, -0.1) is 0 Å². The molecular weight excluding hydrogens is 350 g/mol. The Hall–Kier alpha value is -0.610. The number of rotatable bonds is 3. The van der Waals surface area contributed by atoms with Crippen LogP contribution in [0.15, 0.2) is 0 Å². The van der Waals surface area contributed by atoms with E-state index in [-0.39, 0.29) is 16.7 Å². The second-order valence-corrected chi connectivity index (χ2v) is 11.4. The molecule has 4 saturated carbocycles. The number of carbonyl (C=O) groups excluding carboxylic acids is 1. The number of ether oxygens (including phenoxy) is 1. The van der Waals surface area contributed by atoms with Gasteiger partial charge in [-0.2, -0.15) is 0 Å². The molecule has 0 unspecified atom stereocenters. The second-order valence-electron chi connectivity index (χ2n) is 11.4. The Morgan fingerprint density at radius 2 is 1.79 bits per heavy atom. The van der Waals surface area contributed by atoms with Crippen LogP contribution in [-0.4, -0.2) is 49.3 Å². The van der Waals surface area contributed by atoms with Crippen LogP contribution in [0.2, 0.25) is 0 Å². The summed E-state index contributed by atoms with van der Waals surface area (Å²) in [5.41, 5.74) is -0.0941. The molecule has 0 radical (unpaired) electrons. The van der Waals surface area contributed by atoms with E-state index in [1.54, 1.807) is 0 Å². The first-order chi connectivity index (χ1) is 13.1. The molecule has 0 aromatic carbocycles. The number of amides is 1. The maximum atomic E-state index is 12.9. The van der Waals surface area contributed by atoms with E-state index in [1.807, 2.05) is 33.0 Å². The van der Waals surface area contributed by atoms with Gasteiger partial charge in [-0.05, 0) is 99.2 Å². The summed E-state index contributed by atoms with van der Waals surface area (Å²) in [4.78, 5) is 14.7. The number of hydrogen-bond donors (Lipinski definition) is 1. The third-order valence-corrected chi connectivity index (χ3v) is 9.80. The minimum atomic E-state index is -0.505. The maximum absolute atomic E-state index is 12.9. The lowest BCUT2D eigenvalue weighted by Crippen LogP contribution is -2.58. The monoisotopic (exact) mass is 391 g/mol. The van der Waals surface area contributed by atoms with Crippen molar-refractivity contribution in [1.82, 2.24) is 4.90 Å². The normalized spacial score (nSPS) is 50.4. The number of aliphatic hydroxyl groups is 1. The van der Waals surface area contributed by atoms with Crippen LogP contribution >= 0.6 is 0 Å². The average molecular weight is 392 g/mol. The first-order valence-corrected chi connectivity index (χ1v) is 11.6. The summed E-state index contributed by atoms with van der Waals surface area (Å²) < 4.78 is 5.84. The predicted molar refractivity (Wildman–Crippen MR) is 111 cm³/mol. The summed E-state index contributed by atoms with van der Waals surface area (Å²) in [5.74, 6) is 3.25. The lowest BCUT2D eigenvalue weighted by Gasteiger charge is -2.62. The Balaban J connectivity index is 1.62. The summed E-state index contributed by atoms with van der Waals surface area (Å²) in [5, 5.41) is 10.7. The van der Waals surface area contributed by atoms with Crippen molar-refractivity contribution < 1.29 is 14.6 Å². The van der Waals surface area contributed by atoms with Crippen LogP contribution in [-0.2, 0) is 9.53 Å². The predicted octanol–water partition coefficient (Wildman–Crippen LogP) is 4.11. The lowest BCUT2D eigenvalue weighted by molar-refractivity contribution is -0.176. The molecule has 1 N–H and O–H groups in total. The van der Waals surface area contributed by atoms with Crippen molar-refractivity contribution in [1.29, 1.82) is 0 Å². The van der Waals surface area contributed by atoms with Crippen LogP contribution < -0.4 is 0 Å². The van der Waals surface area contributed by atoms with E-state index in [9.17, 15) is 9.90 Å². The molecular formula is C24H41NO3. The summed E-state index contributed by atoms with van der Waals surface area (Å²) in [6.45, 7) is 5.30. The van der Waals surface area contributed by atoms with Crippen molar-refractivity contribution in [3.8, 4) is 0 Å². The SMILES string of the molecule is COC[C@]12CC[C@@](C)(O)C[C@@H]1CC[C@H]1[C@@H]3CC[C@H](C(=O)N(C)C)[C@@]3(C)CC[C@@H]12. The molecule has 0 bridgehead atoms. The number of nitrogens with zero attached hydrogens (tertiary/aromatic N) is 1. The highest BCUT2D eigenvalue weighted by Crippen LogP contribution is 2.68. The van der Waals surface area contributed by atoms with Crippen molar-refractivity contribution in [3.63, 3.8) is 0 Å². The largest absolute Gasteiger partial charge is 0.390 e. The quantitative estimate of drug-likeness (QED) is 0.788. The maximum Gasteiger partial charge on any atom is 0.225 e. The molecule has 160 valence electrons. The van der Waals surface area contributed by atoms with Crippen molar-refractivity contribution >= 4 is 5.91 Å². The van der Waals surface area contributed by atoms with Gasteiger partial charge in [-0.3, -0.25) is 4.79 Å². The van der Waals surface area contributed by atoms with Crippen LogP contribution in [0.25, 0.3) is 0 Å². The van der Waals surface area contributed by atoms with Gasteiger partial charge >= 0.3 is 0 Å². The zero-order chi connectivity index (χ0) is 20.3. The molecule has 0 spiro atoms. The fraction of sp³-hybridized carbons (Fsp3) is 0.958. The zero-order valence-electron chi connectivity index (χ0n) is 18.7. The highest BCUT2D eigenvalue weighted by atomic mass is 16.5. The third kappa shape index (κ3) is 2.96. The molecule has 0 saturated heterocycles. The minimum Gasteiger partial charge on any atom is -0.390 e. The Morgan fingerprint density at radius 3 is 2.46 bits per heavy atom. The fourth-order valence-electron chi connectivity index (χ4n) is 8.50. The van der Waals surface area contributed by atoms with E-state index in [0.717, 1.165) is 38.2 Å². The topological polar surface area (TPSA) is 49.8 Å². The van der Waals surface area contributed by atoms with Crippen molar-refractivity contribution in [2.75, 3.05) is 27.8 Å². The van der Waals surface area contributed by atoms with Gasteiger partial charge in [0.2, 0.25) is 5.91 Å². The van der Waals surface area contributed by atoms with Gasteiger partial charge in [-0.25, -0.2) is 0 Å². The molecule has 8 atom stereocenters. The van der Waals surface area contributed by atoms with Gasteiger partial charge < -0.3 is 14.7 Å². The van der Waals surface area contributed by atoms with Gasteiger partial charge in [0.05, 0.1) is 12.2 Å². The van der Waals surface area contributed by atoms with E-state index < -0.39 is 5.60 Å². The molecule has 4 fully saturated rings. The number of hydrogen-bond acceptors (Lipinski definition) is 3. The van der Waals surface area contributed by atoms with E-state index >= 15 is 0 Å². The minimum absolute atomic E-state index is 0.170. The molecule has 4 nitrogen and oxygen atoms in total. The number of methoxy groups -OCH3 is 1. The molecule has 0 aromatic rings. The Morgan fingerprint density at radius 1 is 1.04 bits per heavy atom. The van der Waals surface area contributed by atoms with E-state index in [1.165, 1.54) is 32.1 Å². The standard InChI is InChI=1S/C24H41NO3/c1-22(27)12-13-24(15-28-5)16(14-22)6-7-17-18-8-9-20(21(26)25(3)4)23(18,2)11-10-19(17)24/h16-20,27H,6-15H2,1-5H3/t16-,17-,18-,19-,20+,22+,23-,24+/m0/s1. The van der Waals surface area contributed by atoms with Crippen molar-refractivity contribution in [2.24, 2.45) is 40.4 Å². The van der Waals surface area contributed by atoms with Gasteiger partial charge in [0.1, 0.15) is 0 Å². The second kappa shape index (κ2) is 6.97. The summed E-state index contributed by atoms with van der Waals surface area (Å²) >= 11 is 0. The first-order valence-electron chi connectivity index (χ1n) is 11.6. The number of fused-ring (bicyclic) bond motifs is 5. The fourth-order valence-corrected chi connectivity index (χ4v) is 8.50. The van der Waals surface area contributed by atoms with Crippen LogP contribution in [0.1, 0.15) is 71.6 Å². The summed E-state index contributed by atoms with van der Waals surface area (Å²) in [7, 11) is 5.69. The lowest BCUT2D eigenvalue weighted by atomic mass is 9.43. The molecule has 4 rings (SSSR count). The van der Waals surface area contributed by atoms with Crippen LogP contribution in [0.3, 0.4) is 0 Å². The first kappa shape index (κ1) is 20.7. The molecule has 1 amide bonds. The average Bonchev–Trinajstić information content (AvgIpc) is 2.98. The molecule has 4 aliphatic carbocycles. The molecule has 0 aromatic heterocycles. The van der Waals surface area contributed by atoms with Gasteiger partial charge in [0.25, 0.3) is 0 Å². The van der Waals surface area contributed by atoms with Crippen LogP contribution in [0.5, 0.6) is 0 Å². The highest BCUT2D eigenvalue weighted by molar-refractivity contribution is 5.79. The van der Waals surface area contributed by atoms with E-state index in [2.05, 4.69) is 6.92 Å². The highest BCUT2D eigenvalue weighted by Gasteiger charge is 2.63. The summed E-state index contributed by atoms with van der Waals surface area (Å²) in [6.07, 6.45) is 10.1. The zero-order valence-corrected chi connectivity index (χ0v) is 18.7. The van der Waals surface area contributed by atoms with Crippen molar-refractivity contribution in [2.45, 2.75) is 77.2 Å².